The third-order valence-corrected chi connectivity index (χ3v) is 7.46. The summed E-state index contributed by atoms with van der Waals surface area (Å²) in [6.45, 7) is 2.58. The smallest absolute Gasteiger partial charge is 0.255 e. The molecule has 0 spiro atoms. The van der Waals surface area contributed by atoms with Crippen molar-refractivity contribution < 1.29 is 17.6 Å². The number of nitrogens with one attached hydrogen (secondary N) is 2. The molecule has 0 bridgehead atoms. The van der Waals surface area contributed by atoms with Crippen molar-refractivity contribution in [2.45, 2.75) is 25.8 Å². The molecule has 0 unspecified atom stereocenters. The highest BCUT2D eigenvalue weighted by atomic mass is 32.2. The monoisotopic (exact) mass is 457 g/mol. The van der Waals surface area contributed by atoms with E-state index in [1.807, 2.05) is 18.2 Å². The molecule has 2 N–H and O–H groups in total. The number of aromatic nitrogens is 2. The largest absolute Gasteiger partial charge is 0.382 e. The molecule has 1 aliphatic rings. The molecule has 3 aromatic rings. The number of anilines is 2. The maximum absolute atomic E-state index is 13.4. The number of rotatable bonds is 6. The Labute approximate surface area is 185 Å². The molecule has 1 amide bonds. The molecule has 1 saturated heterocycles. The summed E-state index contributed by atoms with van der Waals surface area (Å²) in [4.78, 5) is 20.2. The van der Waals surface area contributed by atoms with Gasteiger partial charge in [-0.25, -0.2) is 17.7 Å². The second-order valence-electron chi connectivity index (χ2n) is 7.66. The lowest BCUT2D eigenvalue weighted by Gasteiger charge is -2.32. The standard InChI is InChI=1S/C22H24FN5O3S/c1-2-32(30,31)28-9-5-17(6-10-28)26-20-13-18(11-15-3-7-24-14-19(15)20)27-22(29)16-4-8-25-21(23)12-16/h3-4,7-8,11-14,17,26H,2,5-6,9-10H2,1H3,(H,27,29). The highest BCUT2D eigenvalue weighted by Gasteiger charge is 2.27. The van der Waals surface area contributed by atoms with E-state index in [1.165, 1.54) is 16.6 Å². The van der Waals surface area contributed by atoms with Crippen LogP contribution in [-0.2, 0) is 10.0 Å². The number of amides is 1. The Balaban J connectivity index is 1.55. The first-order chi connectivity index (χ1) is 15.4. The van der Waals surface area contributed by atoms with Crippen LogP contribution in [0.4, 0.5) is 15.8 Å². The summed E-state index contributed by atoms with van der Waals surface area (Å²) >= 11 is 0. The van der Waals surface area contributed by atoms with Crippen LogP contribution in [0.3, 0.4) is 0 Å². The number of pyridine rings is 2. The van der Waals surface area contributed by atoms with Crippen molar-refractivity contribution in [2.75, 3.05) is 29.5 Å². The number of sulfonamides is 1. The Hall–Kier alpha value is -3.11. The number of halogens is 1. The fourth-order valence-electron chi connectivity index (χ4n) is 3.82. The first-order valence-corrected chi connectivity index (χ1v) is 12.0. The molecule has 1 aromatic carbocycles. The number of hydrogen-bond donors (Lipinski definition) is 2. The van der Waals surface area contributed by atoms with E-state index in [9.17, 15) is 17.6 Å². The third-order valence-electron chi connectivity index (χ3n) is 5.57. The SMILES string of the molecule is CCS(=O)(=O)N1CCC(Nc2cc(NC(=O)c3ccnc(F)c3)cc3ccncc23)CC1. The molecule has 2 aromatic heterocycles. The first kappa shape index (κ1) is 22.1. The molecule has 168 valence electrons. The van der Waals surface area contributed by atoms with E-state index in [0.717, 1.165) is 22.5 Å². The van der Waals surface area contributed by atoms with Gasteiger partial charge in [-0.1, -0.05) is 0 Å². The van der Waals surface area contributed by atoms with Gasteiger partial charge in [0.1, 0.15) is 0 Å². The van der Waals surface area contributed by atoms with Gasteiger partial charge in [0, 0.05) is 66.1 Å². The Bertz CT molecular complexity index is 1240. The maximum Gasteiger partial charge on any atom is 0.255 e. The van der Waals surface area contributed by atoms with Crippen molar-refractivity contribution in [3.63, 3.8) is 0 Å². The van der Waals surface area contributed by atoms with Gasteiger partial charge in [0.15, 0.2) is 0 Å². The molecule has 10 heteroatoms. The van der Waals surface area contributed by atoms with Crippen LogP contribution >= 0.6 is 0 Å². The third kappa shape index (κ3) is 4.86. The van der Waals surface area contributed by atoms with Crippen LogP contribution in [0.2, 0.25) is 0 Å². The molecule has 8 nitrogen and oxygen atoms in total. The Kier molecular flexibility index (Phi) is 6.33. The van der Waals surface area contributed by atoms with Gasteiger partial charge in [0.25, 0.3) is 5.91 Å². The number of benzene rings is 1. The van der Waals surface area contributed by atoms with Crippen LogP contribution in [0, 0.1) is 5.95 Å². The summed E-state index contributed by atoms with van der Waals surface area (Å²) in [5.74, 6) is -1.06. The highest BCUT2D eigenvalue weighted by molar-refractivity contribution is 7.89. The summed E-state index contributed by atoms with van der Waals surface area (Å²) in [5, 5.41) is 8.08. The average molecular weight is 458 g/mol. The van der Waals surface area contributed by atoms with Crippen LogP contribution < -0.4 is 10.6 Å². The topological polar surface area (TPSA) is 104 Å². The minimum absolute atomic E-state index is 0.0851. The minimum Gasteiger partial charge on any atom is -0.382 e. The van der Waals surface area contributed by atoms with Gasteiger partial charge in [-0.15, -0.1) is 0 Å². The second-order valence-corrected chi connectivity index (χ2v) is 9.92. The highest BCUT2D eigenvalue weighted by Crippen LogP contribution is 2.30. The van der Waals surface area contributed by atoms with Gasteiger partial charge in [0.2, 0.25) is 16.0 Å². The van der Waals surface area contributed by atoms with Crippen LogP contribution in [0.25, 0.3) is 10.8 Å². The summed E-state index contributed by atoms with van der Waals surface area (Å²) in [6.07, 6.45) is 6.01. The Morgan fingerprint density at radius 2 is 1.97 bits per heavy atom. The summed E-state index contributed by atoms with van der Waals surface area (Å²) in [5.41, 5.74) is 1.52. The fourth-order valence-corrected chi connectivity index (χ4v) is 4.95. The Morgan fingerprint density at radius 1 is 1.19 bits per heavy atom. The van der Waals surface area contributed by atoms with E-state index in [1.54, 1.807) is 19.3 Å². The zero-order valence-electron chi connectivity index (χ0n) is 17.6. The molecule has 4 rings (SSSR count). The van der Waals surface area contributed by atoms with Crippen molar-refractivity contribution in [1.29, 1.82) is 0 Å². The van der Waals surface area contributed by atoms with Gasteiger partial charge < -0.3 is 10.6 Å². The quantitative estimate of drug-likeness (QED) is 0.551. The zero-order valence-corrected chi connectivity index (χ0v) is 18.4. The van der Waals surface area contributed by atoms with Crippen molar-refractivity contribution in [1.82, 2.24) is 14.3 Å². The second kappa shape index (κ2) is 9.17. The number of piperidine rings is 1. The van der Waals surface area contributed by atoms with Crippen molar-refractivity contribution in [3.8, 4) is 0 Å². The van der Waals surface area contributed by atoms with Crippen LogP contribution in [-0.4, -0.2) is 53.5 Å². The van der Waals surface area contributed by atoms with Gasteiger partial charge in [-0.3, -0.25) is 9.78 Å². The summed E-state index contributed by atoms with van der Waals surface area (Å²) < 4.78 is 39.1. The number of nitrogens with zero attached hydrogens (tertiary/aromatic N) is 3. The predicted octanol–water partition coefficient (Wildman–Crippen LogP) is 3.25. The molecule has 0 atom stereocenters. The first-order valence-electron chi connectivity index (χ1n) is 10.4. The van der Waals surface area contributed by atoms with Crippen LogP contribution in [0.5, 0.6) is 0 Å². The molecule has 1 fully saturated rings. The molecule has 3 heterocycles. The predicted molar refractivity (Wildman–Crippen MR) is 122 cm³/mol. The van der Waals surface area contributed by atoms with E-state index >= 15 is 0 Å². The van der Waals surface area contributed by atoms with E-state index in [2.05, 4.69) is 20.6 Å². The fraction of sp³-hybridized carbons (Fsp3) is 0.318. The van der Waals surface area contributed by atoms with Gasteiger partial charge in [0.05, 0.1) is 5.75 Å². The van der Waals surface area contributed by atoms with Gasteiger partial charge >= 0.3 is 0 Å². The molecule has 0 saturated carbocycles. The lowest BCUT2D eigenvalue weighted by Crippen LogP contribution is -2.42. The van der Waals surface area contributed by atoms with Gasteiger partial charge in [-0.05, 0) is 49.4 Å². The number of carbonyl (C=O) groups is 1. The lowest BCUT2D eigenvalue weighted by atomic mass is 10.0. The molecular formula is C22H24FN5O3S. The molecule has 0 aliphatic carbocycles. The van der Waals surface area contributed by atoms with E-state index < -0.39 is 21.9 Å². The normalized spacial score (nSPS) is 15.6. The van der Waals surface area contributed by atoms with Crippen LogP contribution in [0.1, 0.15) is 30.1 Å². The number of hydrogen-bond acceptors (Lipinski definition) is 6. The average Bonchev–Trinajstić information content (AvgIpc) is 2.79. The molecule has 32 heavy (non-hydrogen) atoms. The number of fused-ring (bicyclic) bond motifs is 1. The molecular weight excluding hydrogens is 433 g/mol. The maximum atomic E-state index is 13.4. The van der Waals surface area contributed by atoms with E-state index in [0.29, 0.717) is 31.6 Å². The van der Waals surface area contributed by atoms with Crippen LogP contribution in [0.15, 0.2) is 48.9 Å². The number of carbonyl (C=O) groups excluding carboxylic acids is 1. The van der Waals surface area contributed by atoms with Gasteiger partial charge in [-0.2, -0.15) is 4.39 Å². The summed E-state index contributed by atoms with van der Waals surface area (Å²) in [6, 6.07) is 8.10. The molecule has 1 aliphatic heterocycles. The van der Waals surface area contributed by atoms with Crippen molar-refractivity contribution >= 4 is 38.1 Å². The van der Waals surface area contributed by atoms with Crippen molar-refractivity contribution in [2.24, 2.45) is 0 Å². The zero-order chi connectivity index (χ0) is 22.7. The minimum atomic E-state index is -3.18. The van der Waals surface area contributed by atoms with Crippen molar-refractivity contribution in [3.05, 3.63) is 60.4 Å². The van der Waals surface area contributed by atoms with E-state index in [-0.39, 0.29) is 17.4 Å². The Morgan fingerprint density at radius 3 is 2.69 bits per heavy atom. The summed E-state index contributed by atoms with van der Waals surface area (Å²) in [7, 11) is -3.18. The van der Waals surface area contributed by atoms with E-state index in [4.69, 9.17) is 0 Å². The molecule has 0 radical (unpaired) electrons. The lowest BCUT2D eigenvalue weighted by molar-refractivity contribution is 0.102.